The van der Waals surface area contributed by atoms with Gasteiger partial charge in [-0.3, -0.25) is 0 Å². The maximum atomic E-state index is 10.7. The molecule has 5 nitrogen and oxygen atoms in total. The van der Waals surface area contributed by atoms with E-state index < -0.39 is 5.97 Å². The molecule has 1 aliphatic heterocycles. The first-order valence-corrected chi connectivity index (χ1v) is 5.31. The number of rotatable bonds is 3. The van der Waals surface area contributed by atoms with Crippen LogP contribution < -0.4 is 5.32 Å². The molecule has 1 heterocycles. The number of allylic oxidation sites excluding steroid dienone is 3. The Labute approximate surface area is 93.1 Å². The van der Waals surface area contributed by atoms with Crippen LogP contribution in [0.4, 0.5) is 0 Å². The Kier molecular flexibility index (Phi) is 2.94. The molecule has 1 saturated heterocycles. The molecule has 1 aliphatic carbocycles. The molecule has 2 rings (SSSR count). The van der Waals surface area contributed by atoms with Crippen molar-refractivity contribution in [1.82, 2.24) is 5.32 Å². The predicted octanol–water partition coefficient (Wildman–Crippen LogP) is 1.11. The van der Waals surface area contributed by atoms with Crippen LogP contribution in [0.3, 0.4) is 0 Å². The topological polar surface area (TPSA) is 81.9 Å². The molecule has 1 atom stereocenters. The van der Waals surface area contributed by atoms with Gasteiger partial charge in [-0.1, -0.05) is 17.3 Å². The molecule has 5 heteroatoms. The fraction of sp³-hybridized carbons (Fsp3) is 0.455. The number of aliphatic carboxylic acids is 1. The molecule has 3 N–H and O–H groups in total. The first-order valence-electron chi connectivity index (χ1n) is 5.31. The maximum Gasteiger partial charge on any atom is 0.353 e. The minimum Gasteiger partial charge on any atom is -0.477 e. The third-order valence-corrected chi connectivity index (χ3v) is 2.98. The number of hydrogen-bond donors (Lipinski definition) is 3. The second-order valence-electron chi connectivity index (χ2n) is 3.99. The van der Waals surface area contributed by atoms with E-state index >= 15 is 0 Å². The lowest BCUT2D eigenvalue weighted by atomic mass is 9.91. The van der Waals surface area contributed by atoms with Gasteiger partial charge in [0.15, 0.2) is 5.71 Å². The summed E-state index contributed by atoms with van der Waals surface area (Å²) in [6.07, 6.45) is 6.55. The zero-order valence-corrected chi connectivity index (χ0v) is 8.81. The van der Waals surface area contributed by atoms with Crippen LogP contribution in [0, 0.1) is 5.92 Å². The van der Waals surface area contributed by atoms with Gasteiger partial charge in [0, 0.05) is 24.6 Å². The second kappa shape index (κ2) is 4.38. The SMILES string of the molecule is O=C(O)/C(CC1CNC2=CCCC=C21)=N/O. The normalized spacial score (nSPS) is 24.2. The van der Waals surface area contributed by atoms with Gasteiger partial charge in [-0.15, -0.1) is 0 Å². The van der Waals surface area contributed by atoms with Crippen molar-refractivity contribution in [3.8, 4) is 0 Å². The van der Waals surface area contributed by atoms with E-state index in [1.165, 1.54) is 0 Å². The highest BCUT2D eigenvalue weighted by Crippen LogP contribution is 2.31. The van der Waals surface area contributed by atoms with Gasteiger partial charge in [0.1, 0.15) is 0 Å². The summed E-state index contributed by atoms with van der Waals surface area (Å²) >= 11 is 0. The largest absolute Gasteiger partial charge is 0.477 e. The zero-order chi connectivity index (χ0) is 11.5. The third kappa shape index (κ3) is 1.93. The van der Waals surface area contributed by atoms with Gasteiger partial charge in [0.05, 0.1) is 0 Å². The van der Waals surface area contributed by atoms with Crippen LogP contribution >= 0.6 is 0 Å². The summed E-state index contributed by atoms with van der Waals surface area (Å²) in [7, 11) is 0. The Morgan fingerprint density at radius 3 is 2.94 bits per heavy atom. The van der Waals surface area contributed by atoms with Crippen molar-refractivity contribution >= 4 is 11.7 Å². The van der Waals surface area contributed by atoms with Crippen LogP contribution in [-0.4, -0.2) is 28.5 Å². The van der Waals surface area contributed by atoms with Crippen molar-refractivity contribution in [3.05, 3.63) is 23.4 Å². The number of carbonyl (C=O) groups is 1. The fourth-order valence-electron chi connectivity index (χ4n) is 2.18. The molecule has 2 aliphatic rings. The monoisotopic (exact) mass is 222 g/mol. The number of nitrogens with one attached hydrogen (secondary N) is 1. The molecule has 0 aromatic rings. The third-order valence-electron chi connectivity index (χ3n) is 2.98. The number of hydrogen-bond acceptors (Lipinski definition) is 4. The Bertz CT molecular complexity index is 396. The Morgan fingerprint density at radius 2 is 2.25 bits per heavy atom. The molecular weight excluding hydrogens is 208 g/mol. The number of fused-ring (bicyclic) bond motifs is 1. The average molecular weight is 222 g/mol. The fourth-order valence-corrected chi connectivity index (χ4v) is 2.18. The maximum absolute atomic E-state index is 10.7. The summed E-state index contributed by atoms with van der Waals surface area (Å²) in [5.74, 6) is -1.05. The van der Waals surface area contributed by atoms with E-state index in [9.17, 15) is 4.79 Å². The molecule has 1 unspecified atom stereocenters. The van der Waals surface area contributed by atoms with E-state index in [0.29, 0.717) is 6.54 Å². The van der Waals surface area contributed by atoms with E-state index in [2.05, 4.69) is 22.6 Å². The minimum absolute atomic E-state index is 0.105. The summed E-state index contributed by atoms with van der Waals surface area (Å²) < 4.78 is 0. The Hall–Kier alpha value is -1.78. The molecule has 0 spiro atoms. The van der Waals surface area contributed by atoms with Crippen molar-refractivity contribution in [3.63, 3.8) is 0 Å². The van der Waals surface area contributed by atoms with Gasteiger partial charge in [0.2, 0.25) is 0 Å². The number of carboxylic acids is 1. The highest BCUT2D eigenvalue weighted by atomic mass is 16.4. The van der Waals surface area contributed by atoms with Crippen LogP contribution in [0.25, 0.3) is 0 Å². The Balaban J connectivity index is 2.10. The lowest BCUT2D eigenvalue weighted by Gasteiger charge is -2.12. The van der Waals surface area contributed by atoms with Crippen LogP contribution in [0.1, 0.15) is 19.3 Å². The lowest BCUT2D eigenvalue weighted by Crippen LogP contribution is -2.19. The molecule has 0 amide bonds. The molecule has 86 valence electrons. The highest BCUT2D eigenvalue weighted by Gasteiger charge is 2.29. The standard InChI is InChI=1S/C11H14N2O3/c14-11(15)10(13-16)5-7-6-12-9-4-2-1-3-8(7)9/h3-4,7,12,16H,1-2,5-6H2,(H,14,15)/b13-10+. The first kappa shape index (κ1) is 10.7. The van der Waals surface area contributed by atoms with Crippen LogP contribution in [0.2, 0.25) is 0 Å². The van der Waals surface area contributed by atoms with Crippen molar-refractivity contribution < 1.29 is 15.1 Å². The van der Waals surface area contributed by atoms with E-state index in [1.807, 2.05) is 0 Å². The van der Waals surface area contributed by atoms with E-state index in [0.717, 1.165) is 24.1 Å². The van der Waals surface area contributed by atoms with Gasteiger partial charge >= 0.3 is 5.97 Å². The zero-order valence-electron chi connectivity index (χ0n) is 8.81. The van der Waals surface area contributed by atoms with Crippen molar-refractivity contribution in [2.45, 2.75) is 19.3 Å². The average Bonchev–Trinajstić information content (AvgIpc) is 2.69. The predicted molar refractivity (Wildman–Crippen MR) is 58.4 cm³/mol. The van der Waals surface area contributed by atoms with E-state index in [-0.39, 0.29) is 18.1 Å². The molecule has 0 aromatic heterocycles. The summed E-state index contributed by atoms with van der Waals surface area (Å²) in [5.41, 5.74) is 2.09. The van der Waals surface area contributed by atoms with Gasteiger partial charge < -0.3 is 15.6 Å². The number of carboxylic acid groups (broad SMARTS) is 1. The first-order chi connectivity index (χ1) is 7.72. The van der Waals surface area contributed by atoms with Crippen molar-refractivity contribution in [2.75, 3.05) is 6.54 Å². The van der Waals surface area contributed by atoms with Gasteiger partial charge in [0.25, 0.3) is 0 Å². The second-order valence-corrected chi connectivity index (χ2v) is 3.99. The van der Waals surface area contributed by atoms with Crippen LogP contribution in [-0.2, 0) is 4.79 Å². The highest BCUT2D eigenvalue weighted by molar-refractivity contribution is 6.35. The molecule has 0 radical (unpaired) electrons. The molecular formula is C11H14N2O3. The summed E-state index contributed by atoms with van der Waals surface area (Å²) in [6.45, 7) is 0.712. The van der Waals surface area contributed by atoms with Crippen molar-refractivity contribution in [2.24, 2.45) is 11.1 Å². The summed E-state index contributed by atoms with van der Waals surface area (Å²) in [5, 5.41) is 23.5. The molecule has 0 bridgehead atoms. The summed E-state index contributed by atoms with van der Waals surface area (Å²) in [6, 6.07) is 0. The van der Waals surface area contributed by atoms with Crippen molar-refractivity contribution in [1.29, 1.82) is 0 Å². The van der Waals surface area contributed by atoms with Gasteiger partial charge in [-0.2, -0.15) is 0 Å². The minimum atomic E-state index is -1.16. The lowest BCUT2D eigenvalue weighted by molar-refractivity contribution is -0.129. The molecule has 1 fully saturated rings. The van der Waals surface area contributed by atoms with Gasteiger partial charge in [-0.25, -0.2) is 4.79 Å². The quantitative estimate of drug-likeness (QED) is 0.379. The molecule has 16 heavy (non-hydrogen) atoms. The van der Waals surface area contributed by atoms with E-state index in [1.54, 1.807) is 0 Å². The molecule has 0 aromatic carbocycles. The van der Waals surface area contributed by atoms with E-state index in [4.69, 9.17) is 10.3 Å². The Morgan fingerprint density at radius 1 is 1.50 bits per heavy atom. The van der Waals surface area contributed by atoms with Crippen LogP contribution in [0.15, 0.2) is 28.6 Å². The molecule has 0 saturated carbocycles. The smallest absolute Gasteiger partial charge is 0.353 e. The van der Waals surface area contributed by atoms with Crippen LogP contribution in [0.5, 0.6) is 0 Å². The van der Waals surface area contributed by atoms with Gasteiger partial charge in [-0.05, 0) is 18.4 Å². The summed E-state index contributed by atoms with van der Waals surface area (Å²) in [4.78, 5) is 10.7. The number of oxime groups is 1. The number of nitrogens with zero attached hydrogens (tertiary/aromatic N) is 1.